The Morgan fingerprint density at radius 2 is 1.59 bits per heavy atom. The molecule has 0 radical (unpaired) electrons. The number of hydrogen-bond donors (Lipinski definition) is 2. The van der Waals surface area contributed by atoms with Gasteiger partial charge in [0.15, 0.2) is 5.78 Å². The topological polar surface area (TPSA) is 104 Å². The fraction of sp³-hybridized carbons (Fsp3) is 0.674. The van der Waals surface area contributed by atoms with Gasteiger partial charge in [0.05, 0.1) is 65.6 Å². The van der Waals surface area contributed by atoms with E-state index in [1.807, 2.05) is 63.3 Å². The largest absolute Gasteiger partial charge is 0.390 e. The summed E-state index contributed by atoms with van der Waals surface area (Å²) in [6, 6.07) is 9.36. The third-order valence-electron chi connectivity index (χ3n) is 12.8. The van der Waals surface area contributed by atoms with Crippen molar-refractivity contribution in [2.45, 2.75) is 191 Å². The quantitative estimate of drug-likeness (QED) is 0.155. The van der Waals surface area contributed by atoms with Crippen LogP contribution in [0.2, 0.25) is 0 Å². The van der Waals surface area contributed by atoms with E-state index in [-0.39, 0.29) is 54.4 Å². The molecule has 2 N–H and O–H groups in total. The first kappa shape index (κ1) is 42.7. The second-order valence-corrected chi connectivity index (χ2v) is 17.2. The van der Waals surface area contributed by atoms with Crippen LogP contribution in [-0.2, 0) is 23.7 Å². The van der Waals surface area contributed by atoms with Crippen LogP contribution in [0, 0.1) is 5.92 Å². The number of fused-ring (bicyclic) bond motifs is 4. The maximum absolute atomic E-state index is 12.7. The lowest BCUT2D eigenvalue weighted by molar-refractivity contribution is -0.273. The SMILES string of the molecule is C=C/C=C\C.CCC1OC2CCC3(C)OC4C(O)CC5(C)OC(CC/C=C(C)/C(C)=C/C(=O)c6ccccc6)C(C)CC5OC4CC3OC2CCC1(C)O. The lowest BCUT2D eigenvalue weighted by Crippen LogP contribution is -2.59. The van der Waals surface area contributed by atoms with Crippen molar-refractivity contribution < 1.29 is 38.7 Å². The van der Waals surface area contributed by atoms with Crippen LogP contribution in [0.4, 0.5) is 0 Å². The van der Waals surface area contributed by atoms with Gasteiger partial charge in [-0.25, -0.2) is 0 Å². The number of ether oxygens (including phenoxy) is 5. The molecular formula is C46H68O8. The van der Waals surface area contributed by atoms with Crippen molar-refractivity contribution in [1.29, 1.82) is 0 Å². The standard InChI is InChI=1S/C41H60O8.C5H8/c1-8-35-39(5,44)19-17-32-33(45-35)18-20-40(6)37(46-32)23-34-38(49-40)30(43)24-41(7)36(47-34)22-27(4)31(48-41)16-12-13-25(2)26(3)21-29(42)28-14-10-9-11-15-28;1-3-5-4-2/h9-11,13-15,21,27,30-38,43-44H,8,12,16-20,22-24H2,1-7H3;3-5H,1H2,2H3/b25-13+,26-21+;5-4-. The number of ketones is 1. The zero-order valence-corrected chi connectivity index (χ0v) is 34.2. The summed E-state index contributed by atoms with van der Waals surface area (Å²) in [5.74, 6) is 0.298. The number of aliphatic hydroxyl groups excluding tert-OH is 1. The van der Waals surface area contributed by atoms with Gasteiger partial charge in [0.2, 0.25) is 0 Å². The van der Waals surface area contributed by atoms with Crippen LogP contribution in [0.3, 0.4) is 0 Å². The molecule has 5 aliphatic heterocycles. The minimum absolute atomic E-state index is 0.0166. The Bertz CT molecular complexity index is 1500. The highest BCUT2D eigenvalue weighted by atomic mass is 16.6. The average Bonchev–Trinajstić information content (AvgIpc) is 3.40. The minimum Gasteiger partial charge on any atom is -0.390 e. The maximum atomic E-state index is 12.7. The van der Waals surface area contributed by atoms with Gasteiger partial charge < -0.3 is 33.9 Å². The molecule has 6 rings (SSSR count). The summed E-state index contributed by atoms with van der Waals surface area (Å²) in [5.41, 5.74) is 0.675. The first-order valence-corrected chi connectivity index (χ1v) is 20.5. The van der Waals surface area contributed by atoms with Gasteiger partial charge in [0.1, 0.15) is 6.10 Å². The van der Waals surface area contributed by atoms with E-state index >= 15 is 0 Å². The van der Waals surface area contributed by atoms with E-state index in [1.54, 1.807) is 12.2 Å². The highest BCUT2D eigenvalue weighted by molar-refractivity contribution is 6.05. The van der Waals surface area contributed by atoms with Crippen molar-refractivity contribution in [3.8, 4) is 0 Å². The van der Waals surface area contributed by atoms with Crippen LogP contribution in [-0.4, -0.2) is 87.7 Å². The Balaban J connectivity index is 0.00000105. The Hall–Kier alpha value is -2.43. The van der Waals surface area contributed by atoms with Gasteiger partial charge in [-0.3, -0.25) is 4.79 Å². The third kappa shape index (κ3) is 9.92. The molecule has 13 atom stereocenters. The second kappa shape index (κ2) is 18.2. The van der Waals surface area contributed by atoms with Crippen molar-refractivity contribution in [3.63, 3.8) is 0 Å². The van der Waals surface area contributed by atoms with E-state index in [0.29, 0.717) is 24.8 Å². The molecule has 8 nitrogen and oxygen atoms in total. The van der Waals surface area contributed by atoms with Crippen molar-refractivity contribution in [2.24, 2.45) is 5.92 Å². The van der Waals surface area contributed by atoms with Crippen LogP contribution in [0.5, 0.6) is 0 Å². The number of rotatable bonds is 8. The normalized spacial score (nSPS) is 41.4. The Kier molecular flexibility index (Phi) is 14.4. The van der Waals surface area contributed by atoms with Crippen LogP contribution < -0.4 is 0 Å². The fourth-order valence-electron chi connectivity index (χ4n) is 9.25. The van der Waals surface area contributed by atoms with Gasteiger partial charge in [-0.1, -0.05) is 80.6 Å². The van der Waals surface area contributed by atoms with E-state index in [0.717, 1.165) is 56.1 Å². The van der Waals surface area contributed by atoms with E-state index in [9.17, 15) is 15.0 Å². The Morgan fingerprint density at radius 1 is 0.926 bits per heavy atom. The molecule has 0 bridgehead atoms. The molecule has 8 heteroatoms. The predicted molar refractivity (Wildman–Crippen MR) is 213 cm³/mol. The first-order valence-electron chi connectivity index (χ1n) is 20.5. The van der Waals surface area contributed by atoms with Crippen LogP contribution in [0.15, 0.2) is 78.4 Å². The van der Waals surface area contributed by atoms with Crippen LogP contribution in [0.1, 0.15) is 130 Å². The number of aliphatic hydroxyl groups is 2. The molecule has 54 heavy (non-hydrogen) atoms. The van der Waals surface area contributed by atoms with E-state index in [4.69, 9.17) is 23.7 Å². The van der Waals surface area contributed by atoms with Gasteiger partial charge in [-0.2, -0.15) is 0 Å². The maximum Gasteiger partial charge on any atom is 0.186 e. The minimum atomic E-state index is -0.871. The molecule has 0 amide bonds. The monoisotopic (exact) mass is 748 g/mol. The molecule has 0 aromatic heterocycles. The number of carbonyl (C=O) groups is 1. The summed E-state index contributed by atoms with van der Waals surface area (Å²) >= 11 is 0. The number of allylic oxidation sites excluding steroid dienone is 7. The summed E-state index contributed by atoms with van der Waals surface area (Å²) in [7, 11) is 0. The summed E-state index contributed by atoms with van der Waals surface area (Å²) in [6.07, 6.45) is 14.5. The van der Waals surface area contributed by atoms with Gasteiger partial charge in [-0.05, 0) is 110 Å². The highest BCUT2D eigenvalue weighted by Gasteiger charge is 2.58. The van der Waals surface area contributed by atoms with Crippen LogP contribution in [0.25, 0.3) is 0 Å². The lowest BCUT2D eigenvalue weighted by atomic mass is 9.79. The average molecular weight is 749 g/mol. The molecule has 0 saturated carbocycles. The predicted octanol–water partition coefficient (Wildman–Crippen LogP) is 8.80. The van der Waals surface area contributed by atoms with Gasteiger partial charge >= 0.3 is 0 Å². The first-order chi connectivity index (χ1) is 25.6. The molecule has 13 unspecified atom stereocenters. The number of hydrogen-bond acceptors (Lipinski definition) is 8. The molecule has 300 valence electrons. The van der Waals surface area contributed by atoms with Crippen molar-refractivity contribution in [1.82, 2.24) is 0 Å². The van der Waals surface area contributed by atoms with E-state index in [2.05, 4.69) is 47.3 Å². The molecule has 5 heterocycles. The summed E-state index contributed by atoms with van der Waals surface area (Å²) in [5, 5.41) is 22.8. The van der Waals surface area contributed by atoms with Crippen LogP contribution >= 0.6 is 0 Å². The fourth-order valence-corrected chi connectivity index (χ4v) is 9.25. The summed E-state index contributed by atoms with van der Waals surface area (Å²) in [4.78, 5) is 12.7. The molecule has 0 aliphatic carbocycles. The Morgan fingerprint density at radius 3 is 2.26 bits per heavy atom. The zero-order valence-electron chi connectivity index (χ0n) is 34.2. The molecule has 5 saturated heterocycles. The molecule has 1 aromatic rings. The number of benzene rings is 1. The van der Waals surface area contributed by atoms with Crippen molar-refractivity contribution in [2.75, 3.05) is 0 Å². The summed E-state index contributed by atoms with van der Waals surface area (Å²) < 4.78 is 34.0. The van der Waals surface area contributed by atoms with Gasteiger partial charge in [0, 0.05) is 18.4 Å². The summed E-state index contributed by atoms with van der Waals surface area (Å²) in [6.45, 7) is 19.9. The van der Waals surface area contributed by atoms with E-state index < -0.39 is 29.0 Å². The third-order valence-corrected chi connectivity index (χ3v) is 12.8. The smallest absolute Gasteiger partial charge is 0.186 e. The van der Waals surface area contributed by atoms with Gasteiger partial charge in [-0.15, -0.1) is 0 Å². The molecular weight excluding hydrogens is 680 g/mol. The van der Waals surface area contributed by atoms with Crippen molar-refractivity contribution in [3.05, 3.63) is 84.0 Å². The highest BCUT2D eigenvalue weighted by Crippen LogP contribution is 2.49. The molecule has 1 aromatic carbocycles. The molecule has 0 spiro atoms. The lowest BCUT2D eigenvalue weighted by Gasteiger charge is -2.49. The molecule has 5 aliphatic rings. The molecule has 5 fully saturated rings. The zero-order chi connectivity index (χ0) is 39.3. The van der Waals surface area contributed by atoms with E-state index in [1.165, 1.54) is 0 Å². The second-order valence-electron chi connectivity index (χ2n) is 17.2. The van der Waals surface area contributed by atoms with Gasteiger partial charge in [0.25, 0.3) is 0 Å². The number of carbonyl (C=O) groups excluding carboxylic acids is 1. The Labute approximate surface area is 325 Å². The van der Waals surface area contributed by atoms with Crippen molar-refractivity contribution >= 4 is 5.78 Å².